The first-order valence-electron chi connectivity index (χ1n) is 10.1. The molecule has 0 aromatic carbocycles. The number of aromatic nitrogens is 3. The van der Waals surface area contributed by atoms with Crippen molar-refractivity contribution in [1.29, 1.82) is 0 Å². The van der Waals surface area contributed by atoms with Gasteiger partial charge < -0.3 is 24.9 Å². The molecule has 3 N–H and O–H groups in total. The van der Waals surface area contributed by atoms with Crippen molar-refractivity contribution >= 4 is 11.5 Å². The number of nitrogen functional groups attached to an aromatic ring is 1. The van der Waals surface area contributed by atoms with Gasteiger partial charge in [-0.05, 0) is 25.3 Å². The summed E-state index contributed by atoms with van der Waals surface area (Å²) in [6.45, 7) is 0.336. The Balaban J connectivity index is 2.20. The zero-order valence-electron chi connectivity index (χ0n) is 17.6. The minimum absolute atomic E-state index is 0.0225. The van der Waals surface area contributed by atoms with E-state index in [-0.39, 0.29) is 26.1 Å². The first-order valence-corrected chi connectivity index (χ1v) is 10.1. The van der Waals surface area contributed by atoms with Crippen molar-refractivity contribution in [3.8, 4) is 11.6 Å². The third-order valence-electron chi connectivity index (χ3n) is 5.37. The number of pyridine rings is 1. The molecule has 0 saturated heterocycles. The van der Waals surface area contributed by atoms with Gasteiger partial charge in [0.1, 0.15) is 11.4 Å². The van der Waals surface area contributed by atoms with E-state index < -0.39 is 58.9 Å². The molecule has 4 bridgehead atoms. The van der Waals surface area contributed by atoms with Crippen LogP contribution in [0, 0.1) is 0 Å². The number of alkyl halides is 6. The highest BCUT2D eigenvalue weighted by Gasteiger charge is 2.58. The molecule has 1 atom stereocenters. The maximum atomic E-state index is 13.8. The fourth-order valence-electron chi connectivity index (χ4n) is 3.56. The number of aliphatic hydroxyl groups is 1. The van der Waals surface area contributed by atoms with Crippen LogP contribution in [0.3, 0.4) is 0 Å². The fourth-order valence-corrected chi connectivity index (χ4v) is 3.56. The molecule has 0 fully saturated rings. The third-order valence-corrected chi connectivity index (χ3v) is 5.37. The van der Waals surface area contributed by atoms with Crippen LogP contribution in [0.15, 0.2) is 10.5 Å². The van der Waals surface area contributed by atoms with Crippen LogP contribution in [0.1, 0.15) is 43.6 Å². The van der Waals surface area contributed by atoms with Crippen LogP contribution in [0.2, 0.25) is 0 Å². The average molecular weight is 483 g/mol. The maximum absolute atomic E-state index is 13.8. The molecular weight excluding hydrogens is 460 g/mol. The van der Waals surface area contributed by atoms with E-state index >= 15 is 0 Å². The van der Waals surface area contributed by atoms with E-state index in [2.05, 4.69) is 15.2 Å². The first kappa shape index (κ1) is 25.0. The molecule has 0 aliphatic carbocycles. The molecule has 1 aliphatic rings. The summed E-state index contributed by atoms with van der Waals surface area (Å²) in [6, 6.07) is 0.628. The summed E-state index contributed by atoms with van der Waals surface area (Å²) < 4.78 is 92.4. The molecule has 1 unspecified atom stereocenters. The predicted octanol–water partition coefficient (Wildman–Crippen LogP) is 3.90. The Morgan fingerprint density at radius 3 is 2.48 bits per heavy atom. The molecule has 2 aromatic rings. The second kappa shape index (κ2) is 9.33. The Morgan fingerprint density at radius 1 is 1.15 bits per heavy atom. The topological polar surface area (TPSA) is 111 Å². The van der Waals surface area contributed by atoms with Crippen molar-refractivity contribution in [2.24, 2.45) is 0 Å². The number of ether oxygens (including phenoxy) is 1. The molecule has 14 heteroatoms. The van der Waals surface area contributed by atoms with E-state index in [4.69, 9.17) is 14.9 Å². The van der Waals surface area contributed by atoms with Crippen LogP contribution >= 0.6 is 0 Å². The Bertz CT molecular complexity index is 964. The van der Waals surface area contributed by atoms with E-state index in [0.717, 1.165) is 0 Å². The number of anilines is 2. The summed E-state index contributed by atoms with van der Waals surface area (Å²) in [7, 11) is 1.40. The fraction of sp³-hybridized carbons (Fsp3) is 0.632. The van der Waals surface area contributed by atoms with Gasteiger partial charge in [0.25, 0.3) is 11.8 Å². The highest BCUT2D eigenvalue weighted by atomic mass is 19.4. The number of methoxy groups -OCH3 is 1. The molecule has 0 radical (unpaired) electrons. The van der Waals surface area contributed by atoms with E-state index in [0.29, 0.717) is 25.3 Å². The summed E-state index contributed by atoms with van der Waals surface area (Å²) in [5.74, 6) is -2.24. The summed E-state index contributed by atoms with van der Waals surface area (Å²) in [6.07, 6.45) is -9.57. The molecule has 0 saturated carbocycles. The van der Waals surface area contributed by atoms with E-state index in [1.54, 1.807) is 0 Å². The lowest BCUT2D eigenvalue weighted by Crippen LogP contribution is -2.42. The summed E-state index contributed by atoms with van der Waals surface area (Å²) in [4.78, 5) is 5.36. The summed E-state index contributed by atoms with van der Waals surface area (Å²) in [5, 5.41) is 17.2. The molecule has 0 amide bonds. The zero-order chi connectivity index (χ0) is 24.4. The van der Waals surface area contributed by atoms with Crippen LogP contribution in [0.4, 0.5) is 37.8 Å². The minimum Gasteiger partial charge on any atom is -0.416 e. The predicted molar refractivity (Wildman–Crippen MR) is 104 cm³/mol. The van der Waals surface area contributed by atoms with Crippen LogP contribution in [-0.2, 0) is 16.5 Å². The lowest BCUT2D eigenvalue weighted by atomic mass is 9.95. The van der Waals surface area contributed by atoms with Crippen molar-refractivity contribution in [3.63, 3.8) is 0 Å². The molecule has 0 spiro atoms. The number of hydrogen-bond acceptors (Lipinski definition) is 8. The second-order valence-electron chi connectivity index (χ2n) is 7.71. The van der Waals surface area contributed by atoms with Crippen molar-refractivity contribution in [2.75, 3.05) is 37.4 Å². The monoisotopic (exact) mass is 483 g/mol. The van der Waals surface area contributed by atoms with Gasteiger partial charge in [-0.2, -0.15) is 26.3 Å². The van der Waals surface area contributed by atoms with E-state index in [1.165, 1.54) is 12.0 Å². The van der Waals surface area contributed by atoms with Crippen molar-refractivity contribution < 1.29 is 40.6 Å². The number of hydrogen-bond donors (Lipinski definition) is 2. The van der Waals surface area contributed by atoms with Gasteiger partial charge >= 0.3 is 12.4 Å². The Labute approximate surface area is 184 Å². The van der Waals surface area contributed by atoms with Crippen molar-refractivity contribution in [3.05, 3.63) is 17.5 Å². The number of fused-ring (bicyclic) bond motifs is 5. The van der Waals surface area contributed by atoms with Gasteiger partial charge in [0.2, 0.25) is 5.60 Å². The quantitative estimate of drug-likeness (QED) is 0.633. The Hall–Kier alpha value is -2.61. The normalized spacial score (nSPS) is 20.5. The zero-order valence-corrected chi connectivity index (χ0v) is 17.6. The van der Waals surface area contributed by atoms with Gasteiger partial charge in [-0.25, -0.2) is 4.98 Å². The highest BCUT2D eigenvalue weighted by Crippen LogP contribution is 2.44. The minimum atomic E-state index is -5.12. The van der Waals surface area contributed by atoms with Crippen molar-refractivity contribution in [1.82, 2.24) is 15.2 Å². The van der Waals surface area contributed by atoms with Crippen LogP contribution in [0.5, 0.6) is 0 Å². The van der Waals surface area contributed by atoms with Gasteiger partial charge in [0.05, 0.1) is 12.3 Å². The smallest absolute Gasteiger partial charge is 0.416 e. The lowest BCUT2D eigenvalue weighted by molar-refractivity contribution is -0.277. The molecule has 3 heterocycles. The van der Waals surface area contributed by atoms with Gasteiger partial charge in [0.15, 0.2) is 5.69 Å². The third kappa shape index (κ3) is 5.16. The number of rotatable bonds is 3. The van der Waals surface area contributed by atoms with E-state index in [1.807, 2.05) is 0 Å². The lowest BCUT2D eigenvalue weighted by Gasteiger charge is -2.28. The van der Waals surface area contributed by atoms with Gasteiger partial charge in [0, 0.05) is 20.2 Å². The number of nitrogens with two attached hydrogens (primary N) is 1. The maximum Gasteiger partial charge on any atom is 0.426 e. The average Bonchev–Trinajstić information content (AvgIpc) is 3.21. The van der Waals surface area contributed by atoms with Gasteiger partial charge in [-0.3, -0.25) is 0 Å². The standard InChI is InChI=1S/C19H23F6N5O3/c1-32-9-8-30-7-5-3-2-4-6-17(31,19(23,24)25)16-29-28-15(33-16)13-12(26)10-11(14(30)27-13)18(20,21)22/h10,31H,2-9,26H2,1H3. The highest BCUT2D eigenvalue weighted by molar-refractivity contribution is 5.71. The molecule has 1 aliphatic heterocycles. The van der Waals surface area contributed by atoms with Crippen molar-refractivity contribution in [2.45, 2.75) is 50.1 Å². The van der Waals surface area contributed by atoms with E-state index in [9.17, 15) is 31.4 Å². The van der Waals surface area contributed by atoms with Crippen LogP contribution in [-0.4, -0.2) is 53.3 Å². The summed E-state index contributed by atoms with van der Waals surface area (Å²) in [5.41, 5.74) is 0.296. The molecule has 3 rings (SSSR count). The first-order chi connectivity index (χ1) is 15.4. The molecular formula is C19H23F6N5O3. The Kier molecular flexibility index (Phi) is 7.07. The molecule has 8 nitrogen and oxygen atoms in total. The van der Waals surface area contributed by atoms with Gasteiger partial charge in [-0.1, -0.05) is 12.8 Å². The number of halogens is 6. The second-order valence-corrected chi connectivity index (χ2v) is 7.71. The van der Waals surface area contributed by atoms with Gasteiger partial charge in [-0.15, -0.1) is 10.2 Å². The summed E-state index contributed by atoms with van der Waals surface area (Å²) >= 11 is 0. The van der Waals surface area contributed by atoms with Crippen LogP contribution in [0.25, 0.3) is 11.6 Å². The molecule has 184 valence electrons. The SMILES string of the molecule is COCCN1CCCCCCC(O)(C(F)(F)F)c2nnc(o2)-c2nc1c(C(F)(F)F)cc2N. The molecule has 33 heavy (non-hydrogen) atoms. The molecule has 2 aromatic heterocycles. The Morgan fingerprint density at radius 2 is 1.85 bits per heavy atom. The number of nitrogens with zero attached hydrogens (tertiary/aromatic N) is 4. The largest absolute Gasteiger partial charge is 0.426 e. The van der Waals surface area contributed by atoms with Crippen LogP contribution < -0.4 is 10.6 Å².